The highest BCUT2D eigenvalue weighted by Gasteiger charge is 2.17. The normalized spacial score (nSPS) is 16.3. The Kier molecular flexibility index (Phi) is 6.47. The number of sulfonamides is 1. The number of benzene rings is 2. The summed E-state index contributed by atoms with van der Waals surface area (Å²) in [4.78, 5) is 15.0. The third-order valence-corrected chi connectivity index (χ3v) is 5.92. The lowest BCUT2D eigenvalue weighted by Gasteiger charge is -2.32. The van der Waals surface area contributed by atoms with Crippen LogP contribution in [0, 0.1) is 5.92 Å². The van der Waals surface area contributed by atoms with Crippen LogP contribution in [0.25, 0.3) is 0 Å². The third-order valence-electron chi connectivity index (χ3n) is 5.32. The van der Waals surface area contributed by atoms with Gasteiger partial charge >= 0.3 is 0 Å². The SMILES string of the molecule is CC1CCN(c2ccc([C@H](C)NC(=O)c3cccc(NS(C)(=O)=O)c3)cc2)CC1. The van der Waals surface area contributed by atoms with E-state index in [1.54, 1.807) is 18.2 Å². The molecule has 3 rings (SSSR count). The summed E-state index contributed by atoms with van der Waals surface area (Å²) in [6.07, 6.45) is 3.53. The highest BCUT2D eigenvalue weighted by molar-refractivity contribution is 7.92. The first-order valence-electron chi connectivity index (χ1n) is 9.95. The number of amides is 1. The first kappa shape index (κ1) is 21.2. The molecule has 1 amide bonds. The molecule has 2 aromatic carbocycles. The summed E-state index contributed by atoms with van der Waals surface area (Å²) in [5.74, 6) is 0.552. The average Bonchev–Trinajstić information content (AvgIpc) is 2.67. The Morgan fingerprint density at radius 3 is 2.38 bits per heavy atom. The number of anilines is 2. The fourth-order valence-electron chi connectivity index (χ4n) is 3.54. The van der Waals surface area contributed by atoms with E-state index in [1.807, 2.05) is 6.92 Å². The van der Waals surface area contributed by atoms with Crippen molar-refractivity contribution in [1.82, 2.24) is 5.32 Å². The molecule has 0 bridgehead atoms. The fourth-order valence-corrected chi connectivity index (χ4v) is 4.10. The molecule has 0 radical (unpaired) electrons. The van der Waals surface area contributed by atoms with E-state index in [9.17, 15) is 13.2 Å². The van der Waals surface area contributed by atoms with E-state index in [4.69, 9.17) is 0 Å². The topological polar surface area (TPSA) is 78.5 Å². The molecule has 2 N–H and O–H groups in total. The predicted octanol–water partition coefficient (Wildman–Crippen LogP) is 3.79. The molecule has 7 heteroatoms. The van der Waals surface area contributed by atoms with E-state index in [0.717, 1.165) is 30.8 Å². The van der Waals surface area contributed by atoms with Crippen molar-refractivity contribution in [3.8, 4) is 0 Å². The van der Waals surface area contributed by atoms with Crippen molar-refractivity contribution < 1.29 is 13.2 Å². The van der Waals surface area contributed by atoms with Crippen molar-refractivity contribution in [2.45, 2.75) is 32.7 Å². The largest absolute Gasteiger partial charge is 0.372 e. The van der Waals surface area contributed by atoms with Crippen LogP contribution in [0.4, 0.5) is 11.4 Å². The van der Waals surface area contributed by atoms with Gasteiger partial charge in [0.2, 0.25) is 10.0 Å². The molecule has 1 aliphatic rings. The van der Waals surface area contributed by atoms with Gasteiger partial charge in [0.15, 0.2) is 0 Å². The maximum absolute atomic E-state index is 12.6. The maximum atomic E-state index is 12.6. The van der Waals surface area contributed by atoms with E-state index >= 15 is 0 Å². The highest BCUT2D eigenvalue weighted by atomic mass is 32.2. The number of hydrogen-bond acceptors (Lipinski definition) is 4. The zero-order valence-electron chi connectivity index (χ0n) is 17.2. The standard InChI is InChI=1S/C22H29N3O3S/c1-16-11-13-25(14-12-16)21-9-7-18(8-10-21)17(2)23-22(26)19-5-4-6-20(15-19)24-29(3,27)28/h4-10,15-17,24H,11-14H2,1-3H3,(H,23,26)/t17-/m0/s1. The van der Waals surface area contributed by atoms with Gasteiger partial charge in [-0.05, 0) is 61.6 Å². The number of carbonyl (C=O) groups excluding carboxylic acids is 1. The van der Waals surface area contributed by atoms with E-state index in [2.05, 4.69) is 46.1 Å². The van der Waals surface area contributed by atoms with Crippen LogP contribution in [0.3, 0.4) is 0 Å². The smallest absolute Gasteiger partial charge is 0.251 e. The summed E-state index contributed by atoms with van der Waals surface area (Å²) in [6, 6.07) is 14.6. The van der Waals surface area contributed by atoms with Crippen molar-refractivity contribution in [1.29, 1.82) is 0 Å². The average molecular weight is 416 g/mol. The quantitative estimate of drug-likeness (QED) is 0.752. The third kappa shape index (κ3) is 5.97. The molecular weight excluding hydrogens is 386 g/mol. The number of piperidine rings is 1. The molecule has 0 unspecified atom stereocenters. The molecule has 156 valence electrons. The molecule has 1 aliphatic heterocycles. The van der Waals surface area contributed by atoms with Gasteiger partial charge in [0.1, 0.15) is 0 Å². The molecule has 0 aromatic heterocycles. The minimum atomic E-state index is -3.39. The Morgan fingerprint density at radius 2 is 1.76 bits per heavy atom. The molecule has 29 heavy (non-hydrogen) atoms. The number of carbonyl (C=O) groups is 1. The van der Waals surface area contributed by atoms with Crippen molar-refractivity contribution in [2.24, 2.45) is 5.92 Å². The van der Waals surface area contributed by atoms with Crippen molar-refractivity contribution in [3.05, 3.63) is 59.7 Å². The number of nitrogens with zero attached hydrogens (tertiary/aromatic N) is 1. The maximum Gasteiger partial charge on any atom is 0.251 e. The Morgan fingerprint density at radius 1 is 1.10 bits per heavy atom. The van der Waals surface area contributed by atoms with Crippen LogP contribution in [0.2, 0.25) is 0 Å². The van der Waals surface area contributed by atoms with Gasteiger partial charge in [0.25, 0.3) is 5.91 Å². The van der Waals surface area contributed by atoms with Crippen LogP contribution in [-0.2, 0) is 10.0 Å². The molecule has 1 saturated heterocycles. The van der Waals surface area contributed by atoms with Gasteiger partial charge in [-0.1, -0.05) is 25.1 Å². The van der Waals surface area contributed by atoms with E-state index < -0.39 is 10.0 Å². The summed E-state index contributed by atoms with van der Waals surface area (Å²) in [6.45, 7) is 6.42. The first-order valence-corrected chi connectivity index (χ1v) is 11.8. The lowest BCUT2D eigenvalue weighted by molar-refractivity contribution is 0.0940. The number of nitrogens with one attached hydrogen (secondary N) is 2. The second-order valence-electron chi connectivity index (χ2n) is 7.91. The van der Waals surface area contributed by atoms with Gasteiger partial charge in [-0.2, -0.15) is 0 Å². The second-order valence-corrected chi connectivity index (χ2v) is 9.66. The van der Waals surface area contributed by atoms with Crippen LogP contribution >= 0.6 is 0 Å². The highest BCUT2D eigenvalue weighted by Crippen LogP contribution is 2.25. The van der Waals surface area contributed by atoms with Gasteiger partial charge in [0, 0.05) is 30.0 Å². The van der Waals surface area contributed by atoms with Crippen LogP contribution in [0.5, 0.6) is 0 Å². The Hall–Kier alpha value is -2.54. The van der Waals surface area contributed by atoms with Crippen molar-refractivity contribution in [3.63, 3.8) is 0 Å². The molecule has 1 atom stereocenters. The molecule has 1 heterocycles. The summed E-state index contributed by atoms with van der Waals surface area (Å²) in [7, 11) is -3.39. The summed E-state index contributed by atoms with van der Waals surface area (Å²) in [5, 5.41) is 2.98. The molecule has 6 nitrogen and oxygen atoms in total. The van der Waals surface area contributed by atoms with Gasteiger partial charge in [-0.3, -0.25) is 9.52 Å². The molecule has 2 aromatic rings. The summed E-state index contributed by atoms with van der Waals surface area (Å²) < 4.78 is 25.2. The van der Waals surface area contributed by atoms with E-state index in [0.29, 0.717) is 11.3 Å². The van der Waals surface area contributed by atoms with E-state index in [1.165, 1.54) is 24.6 Å². The predicted molar refractivity (Wildman–Crippen MR) is 118 cm³/mol. The minimum absolute atomic E-state index is 0.163. The van der Waals surface area contributed by atoms with Gasteiger partial charge in [-0.15, -0.1) is 0 Å². The molecule has 0 spiro atoms. The van der Waals surface area contributed by atoms with Gasteiger partial charge in [0.05, 0.1) is 12.3 Å². The molecule has 0 aliphatic carbocycles. The second kappa shape index (κ2) is 8.86. The lowest BCUT2D eigenvalue weighted by Crippen LogP contribution is -2.32. The van der Waals surface area contributed by atoms with Crippen molar-refractivity contribution in [2.75, 3.05) is 29.0 Å². The lowest BCUT2D eigenvalue weighted by atomic mass is 9.98. The fraction of sp³-hybridized carbons (Fsp3) is 0.409. The Labute approximate surface area is 173 Å². The van der Waals surface area contributed by atoms with Crippen LogP contribution in [0.15, 0.2) is 48.5 Å². The Balaban J connectivity index is 1.63. The molecular formula is C22H29N3O3S. The number of rotatable bonds is 6. The Bertz CT molecular complexity index is 950. The summed E-state index contributed by atoms with van der Waals surface area (Å²) in [5.41, 5.74) is 3.02. The van der Waals surface area contributed by atoms with E-state index in [-0.39, 0.29) is 11.9 Å². The zero-order chi connectivity index (χ0) is 21.0. The molecule has 0 saturated carbocycles. The minimum Gasteiger partial charge on any atom is -0.372 e. The monoisotopic (exact) mass is 415 g/mol. The van der Waals surface area contributed by atoms with Crippen LogP contribution in [-0.4, -0.2) is 33.7 Å². The first-order chi connectivity index (χ1) is 13.7. The van der Waals surface area contributed by atoms with Gasteiger partial charge in [-0.25, -0.2) is 8.42 Å². The van der Waals surface area contributed by atoms with Gasteiger partial charge < -0.3 is 10.2 Å². The van der Waals surface area contributed by atoms with Crippen molar-refractivity contribution >= 4 is 27.3 Å². The zero-order valence-corrected chi connectivity index (χ0v) is 18.0. The van der Waals surface area contributed by atoms with Crippen LogP contribution < -0.4 is 14.9 Å². The molecule has 1 fully saturated rings. The summed E-state index contributed by atoms with van der Waals surface area (Å²) >= 11 is 0. The number of hydrogen-bond donors (Lipinski definition) is 2. The van der Waals surface area contributed by atoms with Crippen LogP contribution in [0.1, 0.15) is 48.7 Å².